The predicted molar refractivity (Wildman–Crippen MR) is 77.9 cm³/mol. The first-order chi connectivity index (χ1) is 8.49. The van der Waals surface area contributed by atoms with E-state index in [4.69, 9.17) is 0 Å². The summed E-state index contributed by atoms with van der Waals surface area (Å²) in [5, 5.41) is 0. The summed E-state index contributed by atoms with van der Waals surface area (Å²) in [5.74, 6) is -0.565. The number of halogens is 2. The van der Waals surface area contributed by atoms with E-state index in [1.807, 2.05) is 6.92 Å². The van der Waals surface area contributed by atoms with E-state index in [1.165, 1.54) is 23.3 Å². The molecule has 1 aromatic rings. The van der Waals surface area contributed by atoms with Gasteiger partial charge < -0.3 is 9.64 Å². The lowest BCUT2D eigenvalue weighted by atomic mass is 10.3. The molecule has 7 heteroatoms. The lowest BCUT2D eigenvalue weighted by Gasteiger charge is -2.19. The van der Waals surface area contributed by atoms with E-state index in [-0.39, 0.29) is 12.5 Å². The first-order valence-electron chi connectivity index (χ1n) is 5.30. The Morgan fingerprint density at radius 1 is 1.44 bits per heavy atom. The predicted octanol–water partition coefficient (Wildman–Crippen LogP) is 3.30. The Morgan fingerprint density at radius 3 is 2.56 bits per heavy atom. The van der Waals surface area contributed by atoms with Crippen LogP contribution in [0.15, 0.2) is 14.3 Å². The van der Waals surface area contributed by atoms with Gasteiger partial charge in [-0.15, -0.1) is 11.3 Å². The number of carbonyl (C=O) groups is 2. The smallest absolute Gasteiger partial charge is 0.325 e. The Balaban J connectivity index is 2.84. The maximum absolute atomic E-state index is 12.2. The quantitative estimate of drug-likeness (QED) is 0.715. The summed E-state index contributed by atoms with van der Waals surface area (Å²) >= 11 is 8.02. The van der Waals surface area contributed by atoms with E-state index < -0.39 is 5.97 Å². The molecule has 1 rings (SSSR count). The van der Waals surface area contributed by atoms with Crippen LogP contribution in [-0.2, 0) is 9.53 Å². The maximum Gasteiger partial charge on any atom is 0.325 e. The number of hydrogen-bond acceptors (Lipinski definition) is 4. The zero-order valence-electron chi connectivity index (χ0n) is 10.0. The van der Waals surface area contributed by atoms with Gasteiger partial charge in [-0.2, -0.15) is 0 Å². The molecule has 0 radical (unpaired) electrons. The van der Waals surface area contributed by atoms with Crippen molar-refractivity contribution < 1.29 is 14.3 Å². The summed E-state index contributed by atoms with van der Waals surface area (Å²) in [4.78, 5) is 25.6. The second-order valence-corrected chi connectivity index (χ2v) is 6.76. The Hall–Kier alpha value is -0.400. The number of methoxy groups -OCH3 is 1. The summed E-state index contributed by atoms with van der Waals surface area (Å²) in [6, 6.07) is 1.75. The van der Waals surface area contributed by atoms with Gasteiger partial charge in [-0.05, 0) is 44.3 Å². The van der Waals surface area contributed by atoms with Gasteiger partial charge in [0.05, 0.1) is 15.8 Å². The highest BCUT2D eigenvalue weighted by molar-refractivity contribution is 9.13. The van der Waals surface area contributed by atoms with Gasteiger partial charge in [0.1, 0.15) is 6.54 Å². The average Bonchev–Trinajstić information content (AvgIpc) is 2.68. The van der Waals surface area contributed by atoms with E-state index in [1.54, 1.807) is 6.07 Å². The third-order valence-corrected chi connectivity index (χ3v) is 5.43. The van der Waals surface area contributed by atoms with Crippen molar-refractivity contribution in [3.8, 4) is 0 Å². The van der Waals surface area contributed by atoms with E-state index in [2.05, 4.69) is 36.6 Å². The van der Waals surface area contributed by atoms with Gasteiger partial charge in [0.2, 0.25) is 0 Å². The van der Waals surface area contributed by atoms with Crippen LogP contribution in [0.5, 0.6) is 0 Å². The van der Waals surface area contributed by atoms with Gasteiger partial charge in [-0.25, -0.2) is 0 Å². The number of thiophene rings is 1. The number of rotatable bonds is 5. The fourth-order valence-corrected chi connectivity index (χ4v) is 3.35. The Kier molecular flexibility index (Phi) is 6.31. The monoisotopic (exact) mass is 397 g/mol. The van der Waals surface area contributed by atoms with Crippen LogP contribution < -0.4 is 0 Å². The van der Waals surface area contributed by atoms with Crippen LogP contribution in [0.3, 0.4) is 0 Å². The van der Waals surface area contributed by atoms with Crippen LogP contribution in [0, 0.1) is 0 Å². The highest BCUT2D eigenvalue weighted by Gasteiger charge is 2.21. The molecule has 0 unspecified atom stereocenters. The molecule has 100 valence electrons. The molecule has 0 spiro atoms. The van der Waals surface area contributed by atoms with Crippen LogP contribution in [0.25, 0.3) is 0 Å². The van der Waals surface area contributed by atoms with Crippen molar-refractivity contribution in [2.75, 3.05) is 20.2 Å². The number of hydrogen-bond donors (Lipinski definition) is 0. The van der Waals surface area contributed by atoms with Gasteiger partial charge in [0.15, 0.2) is 0 Å². The van der Waals surface area contributed by atoms with Crippen molar-refractivity contribution >= 4 is 55.1 Å². The lowest BCUT2D eigenvalue weighted by molar-refractivity contribution is -0.141. The molecular weight excluding hydrogens is 386 g/mol. The summed E-state index contributed by atoms with van der Waals surface area (Å²) in [6.45, 7) is 2.47. The molecule has 0 aliphatic carbocycles. The molecule has 0 saturated carbocycles. The minimum absolute atomic E-state index is 0.0175. The number of esters is 1. The average molecular weight is 399 g/mol. The van der Waals surface area contributed by atoms with Gasteiger partial charge in [-0.1, -0.05) is 6.92 Å². The number of nitrogens with zero attached hydrogens (tertiary/aromatic N) is 1. The van der Waals surface area contributed by atoms with Crippen molar-refractivity contribution in [1.29, 1.82) is 0 Å². The molecular formula is C11H13Br2NO3S. The molecule has 0 aliphatic heterocycles. The van der Waals surface area contributed by atoms with Crippen molar-refractivity contribution in [2.45, 2.75) is 13.3 Å². The van der Waals surface area contributed by atoms with E-state index in [0.717, 1.165) is 14.7 Å². The Morgan fingerprint density at radius 2 is 2.11 bits per heavy atom. The van der Waals surface area contributed by atoms with Crippen molar-refractivity contribution in [1.82, 2.24) is 4.90 Å². The van der Waals surface area contributed by atoms with Gasteiger partial charge in [-0.3, -0.25) is 9.59 Å². The second kappa shape index (κ2) is 7.25. The topological polar surface area (TPSA) is 46.6 Å². The molecule has 0 aromatic carbocycles. The summed E-state index contributed by atoms with van der Waals surface area (Å²) in [5.41, 5.74) is 0. The van der Waals surface area contributed by atoms with Gasteiger partial charge in [0, 0.05) is 11.0 Å². The van der Waals surface area contributed by atoms with Crippen molar-refractivity contribution in [2.24, 2.45) is 0 Å². The number of ether oxygens (including phenoxy) is 1. The van der Waals surface area contributed by atoms with Crippen LogP contribution in [0.4, 0.5) is 0 Å². The summed E-state index contributed by atoms with van der Waals surface area (Å²) in [7, 11) is 1.31. The Bertz CT molecular complexity index is 428. The highest BCUT2D eigenvalue weighted by Crippen LogP contribution is 2.33. The Labute approximate surface area is 127 Å². The molecule has 0 saturated heterocycles. The van der Waals surface area contributed by atoms with Gasteiger partial charge >= 0.3 is 5.97 Å². The molecule has 18 heavy (non-hydrogen) atoms. The maximum atomic E-state index is 12.2. The fraction of sp³-hybridized carbons (Fsp3) is 0.455. The zero-order chi connectivity index (χ0) is 13.7. The number of carbonyl (C=O) groups excluding carboxylic acids is 2. The summed E-state index contributed by atoms with van der Waals surface area (Å²) < 4.78 is 6.29. The first kappa shape index (κ1) is 15.7. The minimum Gasteiger partial charge on any atom is -0.468 e. The largest absolute Gasteiger partial charge is 0.468 e. The van der Waals surface area contributed by atoms with E-state index >= 15 is 0 Å². The van der Waals surface area contributed by atoms with Gasteiger partial charge in [0.25, 0.3) is 5.91 Å². The van der Waals surface area contributed by atoms with E-state index in [9.17, 15) is 9.59 Å². The van der Waals surface area contributed by atoms with Crippen molar-refractivity contribution in [3.05, 3.63) is 19.2 Å². The molecule has 0 bridgehead atoms. The standard InChI is InChI=1S/C11H13Br2NO3S/c1-3-4-14(6-9(15)17-2)11(16)8-5-7(12)10(13)18-8/h5H,3-4,6H2,1-2H3. The molecule has 0 fully saturated rings. The molecule has 1 heterocycles. The first-order valence-corrected chi connectivity index (χ1v) is 7.70. The molecule has 1 amide bonds. The third-order valence-electron chi connectivity index (χ3n) is 2.18. The zero-order valence-corrected chi connectivity index (χ0v) is 14.0. The van der Waals surface area contributed by atoms with Crippen LogP contribution in [-0.4, -0.2) is 37.0 Å². The normalized spacial score (nSPS) is 10.2. The van der Waals surface area contributed by atoms with Crippen molar-refractivity contribution in [3.63, 3.8) is 0 Å². The molecule has 0 aliphatic rings. The fourth-order valence-electron chi connectivity index (χ4n) is 1.35. The number of amides is 1. The molecule has 0 N–H and O–H groups in total. The van der Waals surface area contributed by atoms with E-state index in [0.29, 0.717) is 11.4 Å². The molecule has 4 nitrogen and oxygen atoms in total. The molecule has 0 atom stereocenters. The summed E-state index contributed by atoms with van der Waals surface area (Å²) in [6.07, 6.45) is 0.788. The molecule has 1 aromatic heterocycles. The third kappa shape index (κ3) is 4.07. The van der Waals surface area contributed by atoms with Crippen LogP contribution in [0.2, 0.25) is 0 Å². The SMILES string of the molecule is CCCN(CC(=O)OC)C(=O)c1cc(Br)c(Br)s1. The van der Waals surface area contributed by atoms with Crippen LogP contribution >= 0.6 is 43.2 Å². The highest BCUT2D eigenvalue weighted by atomic mass is 79.9. The second-order valence-electron chi connectivity index (χ2n) is 3.54. The van der Waals surface area contributed by atoms with Crippen LogP contribution in [0.1, 0.15) is 23.0 Å². The minimum atomic E-state index is -0.411. The lowest BCUT2D eigenvalue weighted by Crippen LogP contribution is -2.36.